The summed E-state index contributed by atoms with van der Waals surface area (Å²) in [7, 11) is 0. The Morgan fingerprint density at radius 1 is 1.31 bits per heavy atom. The molecule has 0 saturated heterocycles. The number of thiophene rings is 1. The molecule has 2 N–H and O–H groups in total. The van der Waals surface area contributed by atoms with Gasteiger partial charge in [-0.3, -0.25) is 14.8 Å². The van der Waals surface area contributed by atoms with E-state index in [0.717, 1.165) is 23.1 Å². The zero-order chi connectivity index (χ0) is 22.3. The highest BCUT2D eigenvalue weighted by Crippen LogP contribution is 2.31. The summed E-state index contributed by atoms with van der Waals surface area (Å²) in [5, 5.41) is 17.9. The molecule has 1 saturated carbocycles. The number of amides is 2. The van der Waals surface area contributed by atoms with Crippen molar-refractivity contribution in [3.05, 3.63) is 47.0 Å². The van der Waals surface area contributed by atoms with Gasteiger partial charge in [0, 0.05) is 24.2 Å². The van der Waals surface area contributed by atoms with Crippen LogP contribution in [0.25, 0.3) is 22.3 Å². The molecule has 0 unspecified atom stereocenters. The van der Waals surface area contributed by atoms with Gasteiger partial charge in [-0.05, 0) is 41.3 Å². The van der Waals surface area contributed by atoms with Gasteiger partial charge in [0.1, 0.15) is 12.2 Å². The predicted molar refractivity (Wildman–Crippen MR) is 113 cm³/mol. The Balaban J connectivity index is 1.40. The number of alkyl halides is 3. The number of H-pyrrole nitrogens is 1. The van der Waals surface area contributed by atoms with E-state index in [0.29, 0.717) is 29.0 Å². The lowest BCUT2D eigenvalue weighted by Crippen LogP contribution is -2.36. The van der Waals surface area contributed by atoms with E-state index in [-0.39, 0.29) is 17.6 Å². The molecule has 2 amide bonds. The molecule has 0 bridgehead atoms. The third kappa shape index (κ3) is 4.31. The second-order valence-electron chi connectivity index (χ2n) is 7.63. The average Bonchev–Trinajstić information content (AvgIpc) is 3.12. The van der Waals surface area contributed by atoms with Crippen molar-refractivity contribution >= 4 is 34.0 Å². The van der Waals surface area contributed by atoms with Gasteiger partial charge in [-0.25, -0.2) is 4.79 Å². The molecule has 1 fully saturated rings. The maximum atomic E-state index is 13.0. The SMILES string of the molecule is O=C(Nc1cn[nH]c1-c1cc2c(cn1)cnn2CC(F)(F)F)N(Cc1ccsc1)C1CC1. The number of nitrogens with one attached hydrogen (secondary N) is 2. The summed E-state index contributed by atoms with van der Waals surface area (Å²) in [5.41, 5.74) is 2.52. The minimum atomic E-state index is -4.40. The first kappa shape index (κ1) is 20.5. The molecule has 4 heterocycles. The van der Waals surface area contributed by atoms with Crippen LogP contribution >= 0.6 is 11.3 Å². The fraction of sp³-hybridized carbons (Fsp3) is 0.300. The van der Waals surface area contributed by atoms with Crippen LogP contribution < -0.4 is 5.32 Å². The molecule has 1 aliphatic rings. The van der Waals surface area contributed by atoms with Crippen molar-refractivity contribution in [2.75, 3.05) is 5.32 Å². The highest BCUT2D eigenvalue weighted by Gasteiger charge is 2.33. The molecule has 0 aromatic carbocycles. The molecule has 5 rings (SSSR count). The zero-order valence-corrected chi connectivity index (χ0v) is 17.5. The molecule has 8 nitrogen and oxygen atoms in total. The van der Waals surface area contributed by atoms with Crippen LogP contribution in [0.1, 0.15) is 18.4 Å². The number of fused-ring (bicyclic) bond motifs is 1. The van der Waals surface area contributed by atoms with Crippen molar-refractivity contribution in [3.8, 4) is 11.4 Å². The standard InChI is InChI=1S/C20H18F3N7OS/c21-20(22,23)11-30-17-5-15(24-6-13(17)7-26-30)18-16(8-25-28-18)27-19(31)29(14-1-2-14)9-12-3-4-32-10-12/h3-8,10,14H,1-2,9,11H2,(H,25,28)(H,27,31). The maximum absolute atomic E-state index is 13.0. The Morgan fingerprint density at radius 2 is 2.16 bits per heavy atom. The van der Waals surface area contributed by atoms with Gasteiger partial charge in [0.25, 0.3) is 0 Å². The molecule has 0 radical (unpaired) electrons. The molecule has 0 spiro atoms. The Bertz CT molecular complexity index is 1240. The number of aromatic amines is 1. The van der Waals surface area contributed by atoms with E-state index in [2.05, 4.69) is 25.6 Å². The topological polar surface area (TPSA) is 91.7 Å². The lowest BCUT2D eigenvalue weighted by Gasteiger charge is -2.22. The van der Waals surface area contributed by atoms with Gasteiger partial charge in [-0.2, -0.15) is 34.7 Å². The van der Waals surface area contributed by atoms with Crippen molar-refractivity contribution < 1.29 is 18.0 Å². The lowest BCUT2D eigenvalue weighted by atomic mass is 10.2. The van der Waals surface area contributed by atoms with Crippen LogP contribution in [0.2, 0.25) is 0 Å². The number of carbonyl (C=O) groups excluding carboxylic acids is 1. The summed E-state index contributed by atoms with van der Waals surface area (Å²) in [6.45, 7) is -0.695. The quantitative estimate of drug-likeness (QED) is 0.438. The maximum Gasteiger partial charge on any atom is 0.408 e. The van der Waals surface area contributed by atoms with Crippen LogP contribution in [0.5, 0.6) is 0 Å². The number of hydrogen-bond acceptors (Lipinski definition) is 5. The number of pyridine rings is 1. The number of rotatable bonds is 6. The van der Waals surface area contributed by atoms with Crippen molar-refractivity contribution in [1.82, 2.24) is 29.9 Å². The Morgan fingerprint density at radius 3 is 2.88 bits per heavy atom. The van der Waals surface area contributed by atoms with E-state index in [4.69, 9.17) is 0 Å². The second kappa shape index (κ2) is 7.93. The van der Waals surface area contributed by atoms with Crippen LogP contribution in [0.4, 0.5) is 23.7 Å². The van der Waals surface area contributed by atoms with Gasteiger partial charge in [0.2, 0.25) is 0 Å². The zero-order valence-electron chi connectivity index (χ0n) is 16.6. The van der Waals surface area contributed by atoms with Crippen molar-refractivity contribution in [2.24, 2.45) is 0 Å². The molecule has 32 heavy (non-hydrogen) atoms. The molecule has 4 aromatic heterocycles. The molecule has 166 valence electrons. The van der Waals surface area contributed by atoms with Gasteiger partial charge in [-0.1, -0.05) is 0 Å². The molecule has 1 aliphatic carbocycles. The lowest BCUT2D eigenvalue weighted by molar-refractivity contribution is -0.141. The van der Waals surface area contributed by atoms with Crippen molar-refractivity contribution in [2.45, 2.75) is 38.1 Å². The van der Waals surface area contributed by atoms with Crippen LogP contribution in [0, 0.1) is 0 Å². The van der Waals surface area contributed by atoms with Gasteiger partial charge in [0.05, 0.1) is 29.3 Å². The van der Waals surface area contributed by atoms with Crippen molar-refractivity contribution in [3.63, 3.8) is 0 Å². The van der Waals surface area contributed by atoms with Gasteiger partial charge < -0.3 is 10.2 Å². The molecular formula is C20H18F3N7OS. The number of nitrogens with zero attached hydrogens (tertiary/aromatic N) is 5. The van der Waals surface area contributed by atoms with E-state index in [1.54, 1.807) is 16.2 Å². The van der Waals surface area contributed by atoms with Crippen LogP contribution in [0.3, 0.4) is 0 Å². The fourth-order valence-electron chi connectivity index (χ4n) is 3.50. The summed E-state index contributed by atoms with van der Waals surface area (Å²) < 4.78 is 39.5. The number of hydrogen-bond donors (Lipinski definition) is 2. The highest BCUT2D eigenvalue weighted by molar-refractivity contribution is 7.07. The molecule has 12 heteroatoms. The van der Waals surface area contributed by atoms with E-state index in [1.165, 1.54) is 24.7 Å². The smallest absolute Gasteiger partial charge is 0.317 e. The van der Waals surface area contributed by atoms with Gasteiger partial charge >= 0.3 is 12.2 Å². The van der Waals surface area contributed by atoms with Crippen LogP contribution in [-0.2, 0) is 13.1 Å². The monoisotopic (exact) mass is 461 g/mol. The van der Waals surface area contributed by atoms with Crippen molar-refractivity contribution in [1.29, 1.82) is 0 Å². The summed E-state index contributed by atoms with van der Waals surface area (Å²) in [6, 6.07) is 3.42. The average molecular weight is 461 g/mol. The molecular weight excluding hydrogens is 443 g/mol. The first-order valence-electron chi connectivity index (χ1n) is 9.88. The Kier molecular flexibility index (Phi) is 5.08. The number of anilines is 1. The number of halogens is 3. The summed E-state index contributed by atoms with van der Waals surface area (Å²) in [5.74, 6) is 0. The summed E-state index contributed by atoms with van der Waals surface area (Å²) in [6.07, 6.45) is 1.76. The first-order valence-corrected chi connectivity index (χ1v) is 10.8. The van der Waals surface area contributed by atoms with Crippen LogP contribution in [0.15, 0.2) is 41.5 Å². The van der Waals surface area contributed by atoms with Gasteiger partial charge in [-0.15, -0.1) is 0 Å². The number of aromatic nitrogens is 5. The normalized spacial score (nSPS) is 14.1. The molecule has 0 atom stereocenters. The van der Waals surface area contributed by atoms with E-state index >= 15 is 0 Å². The number of urea groups is 1. The minimum Gasteiger partial charge on any atom is -0.317 e. The third-order valence-electron chi connectivity index (χ3n) is 5.17. The summed E-state index contributed by atoms with van der Waals surface area (Å²) >= 11 is 1.58. The fourth-order valence-corrected chi connectivity index (χ4v) is 4.16. The second-order valence-corrected chi connectivity index (χ2v) is 8.41. The predicted octanol–water partition coefficient (Wildman–Crippen LogP) is 4.64. The first-order chi connectivity index (χ1) is 15.4. The molecule has 4 aromatic rings. The largest absolute Gasteiger partial charge is 0.408 e. The van der Waals surface area contributed by atoms with E-state index in [9.17, 15) is 18.0 Å². The third-order valence-corrected chi connectivity index (χ3v) is 5.91. The summed E-state index contributed by atoms with van der Waals surface area (Å²) in [4.78, 5) is 19.1. The van der Waals surface area contributed by atoms with Crippen LogP contribution in [-0.4, -0.2) is 48.1 Å². The highest BCUT2D eigenvalue weighted by atomic mass is 32.1. The van der Waals surface area contributed by atoms with E-state index in [1.807, 2.05) is 16.8 Å². The van der Waals surface area contributed by atoms with Gasteiger partial charge in [0.15, 0.2) is 0 Å². The number of carbonyl (C=O) groups is 1. The Hall–Kier alpha value is -3.41. The minimum absolute atomic E-state index is 0.191. The molecule has 0 aliphatic heterocycles. The Labute approximate surface area is 184 Å². The van der Waals surface area contributed by atoms with E-state index < -0.39 is 12.7 Å².